The molecule has 1 aliphatic rings. The van der Waals surface area contributed by atoms with Crippen molar-refractivity contribution >= 4 is 23.1 Å². The van der Waals surface area contributed by atoms with Gasteiger partial charge in [-0.1, -0.05) is 31.2 Å². The summed E-state index contributed by atoms with van der Waals surface area (Å²) in [4.78, 5) is 26.9. The average Bonchev–Trinajstić information content (AvgIpc) is 3.09. The maximum Gasteiger partial charge on any atom is 0.300 e. The number of hydrogen-bond acceptors (Lipinski definition) is 5. The fourth-order valence-corrected chi connectivity index (χ4v) is 3.87. The molecule has 1 saturated heterocycles. The first-order chi connectivity index (χ1) is 16.3. The summed E-state index contributed by atoms with van der Waals surface area (Å²) in [6.45, 7) is 2.38. The second kappa shape index (κ2) is 9.35. The van der Waals surface area contributed by atoms with Crippen molar-refractivity contribution in [3.63, 3.8) is 0 Å². The van der Waals surface area contributed by atoms with E-state index in [2.05, 4.69) is 0 Å². The first kappa shape index (κ1) is 23.0. The van der Waals surface area contributed by atoms with Gasteiger partial charge in [0.1, 0.15) is 28.9 Å². The Bertz CT molecular complexity index is 1300. The number of halogens is 2. The van der Waals surface area contributed by atoms with E-state index in [1.807, 2.05) is 6.92 Å². The predicted octanol–water partition coefficient (Wildman–Crippen LogP) is 5.09. The van der Waals surface area contributed by atoms with E-state index in [9.17, 15) is 28.6 Å². The SMILES string of the molecule is CCCOc1cccc(/C(O)=C2\C(=O)C(=O)N(c3cc(F)ccc3F)C2c2cccc(O)c2)c1. The van der Waals surface area contributed by atoms with Gasteiger partial charge in [0.15, 0.2) is 0 Å². The molecule has 0 bridgehead atoms. The summed E-state index contributed by atoms with van der Waals surface area (Å²) in [5.41, 5.74) is -0.360. The first-order valence-corrected chi connectivity index (χ1v) is 10.6. The van der Waals surface area contributed by atoms with Gasteiger partial charge in [-0.15, -0.1) is 0 Å². The number of aliphatic hydroxyl groups is 1. The van der Waals surface area contributed by atoms with Gasteiger partial charge in [-0.25, -0.2) is 8.78 Å². The molecule has 1 unspecified atom stereocenters. The van der Waals surface area contributed by atoms with Crippen molar-refractivity contribution in [3.8, 4) is 11.5 Å². The molecule has 1 aliphatic heterocycles. The van der Waals surface area contributed by atoms with Crippen LogP contribution in [0.5, 0.6) is 11.5 Å². The van der Waals surface area contributed by atoms with Gasteiger partial charge in [-0.2, -0.15) is 0 Å². The van der Waals surface area contributed by atoms with Gasteiger partial charge in [0.25, 0.3) is 11.7 Å². The van der Waals surface area contributed by atoms with Crippen LogP contribution in [0.2, 0.25) is 0 Å². The van der Waals surface area contributed by atoms with Crippen LogP contribution < -0.4 is 9.64 Å². The molecule has 34 heavy (non-hydrogen) atoms. The Kier molecular flexibility index (Phi) is 6.32. The van der Waals surface area contributed by atoms with Crippen LogP contribution in [-0.2, 0) is 9.59 Å². The van der Waals surface area contributed by atoms with Crippen molar-refractivity contribution in [2.75, 3.05) is 11.5 Å². The number of carbonyl (C=O) groups excluding carboxylic acids is 2. The van der Waals surface area contributed by atoms with Gasteiger partial charge in [0, 0.05) is 11.6 Å². The summed E-state index contributed by atoms with van der Waals surface area (Å²) in [7, 11) is 0. The third kappa shape index (κ3) is 4.22. The normalized spacial score (nSPS) is 17.3. The van der Waals surface area contributed by atoms with Crippen molar-refractivity contribution in [2.45, 2.75) is 19.4 Å². The first-order valence-electron chi connectivity index (χ1n) is 10.6. The third-order valence-corrected chi connectivity index (χ3v) is 5.38. The number of ketones is 1. The summed E-state index contributed by atoms with van der Waals surface area (Å²) in [5.74, 6) is -4.18. The number of Topliss-reactive ketones (excluding diaryl/α,β-unsaturated/α-hetero) is 1. The molecule has 0 aliphatic carbocycles. The second-order valence-corrected chi connectivity index (χ2v) is 7.74. The van der Waals surface area contributed by atoms with Crippen LogP contribution in [0.15, 0.2) is 72.3 Å². The maximum absolute atomic E-state index is 14.7. The number of carbonyl (C=O) groups is 2. The van der Waals surface area contributed by atoms with Crippen molar-refractivity contribution in [3.05, 3.63) is 95.1 Å². The molecule has 1 fully saturated rings. The quantitative estimate of drug-likeness (QED) is 0.301. The number of phenols is 1. The van der Waals surface area contributed by atoms with Crippen molar-refractivity contribution in [1.29, 1.82) is 0 Å². The molecule has 1 heterocycles. The minimum absolute atomic E-state index is 0.169. The maximum atomic E-state index is 14.7. The predicted molar refractivity (Wildman–Crippen MR) is 121 cm³/mol. The van der Waals surface area contributed by atoms with Crippen molar-refractivity contribution in [1.82, 2.24) is 0 Å². The number of benzene rings is 3. The topological polar surface area (TPSA) is 87.1 Å². The van der Waals surface area contributed by atoms with E-state index in [0.29, 0.717) is 12.4 Å². The van der Waals surface area contributed by atoms with Crippen LogP contribution in [0.3, 0.4) is 0 Å². The van der Waals surface area contributed by atoms with Crippen LogP contribution in [0, 0.1) is 11.6 Å². The number of hydrogen-bond donors (Lipinski definition) is 2. The molecular weight excluding hydrogens is 444 g/mol. The standard InChI is InChI=1S/C26H21F2NO5/c1-2-11-34-19-8-4-6-16(13-19)24(31)22-23(15-5-3-7-18(30)12-15)29(26(33)25(22)32)21-14-17(27)9-10-20(21)28/h3-10,12-14,23,30-31H,2,11H2,1H3/b24-22+. The zero-order valence-electron chi connectivity index (χ0n) is 18.2. The van der Waals surface area contributed by atoms with Crippen LogP contribution in [-0.4, -0.2) is 28.5 Å². The lowest BCUT2D eigenvalue weighted by atomic mass is 9.95. The largest absolute Gasteiger partial charge is 0.508 e. The second-order valence-electron chi connectivity index (χ2n) is 7.74. The fraction of sp³-hybridized carbons (Fsp3) is 0.154. The van der Waals surface area contributed by atoms with E-state index in [-0.39, 0.29) is 22.4 Å². The van der Waals surface area contributed by atoms with Gasteiger partial charge in [-0.3, -0.25) is 14.5 Å². The van der Waals surface area contributed by atoms with Gasteiger partial charge >= 0.3 is 0 Å². The Morgan fingerprint density at radius 1 is 1.03 bits per heavy atom. The molecular formula is C26H21F2NO5. The number of rotatable bonds is 6. The summed E-state index contributed by atoms with van der Waals surface area (Å²) in [6.07, 6.45) is 0.762. The van der Waals surface area contributed by atoms with E-state index in [4.69, 9.17) is 4.74 Å². The summed E-state index contributed by atoms with van der Waals surface area (Å²) in [6, 6.07) is 13.2. The molecule has 2 N–H and O–H groups in total. The Hall–Kier alpha value is -4.20. The van der Waals surface area contributed by atoms with Gasteiger partial charge in [-0.05, 0) is 48.4 Å². The van der Waals surface area contributed by atoms with E-state index in [0.717, 1.165) is 29.5 Å². The number of aromatic hydroxyl groups is 1. The molecule has 4 rings (SSSR count). The summed E-state index contributed by atoms with van der Waals surface area (Å²) in [5, 5.41) is 21.1. The van der Waals surface area contributed by atoms with Crippen LogP contribution in [0.25, 0.3) is 5.76 Å². The lowest BCUT2D eigenvalue weighted by Crippen LogP contribution is -2.30. The molecule has 1 amide bonds. The molecule has 0 saturated carbocycles. The zero-order valence-corrected chi connectivity index (χ0v) is 18.2. The highest BCUT2D eigenvalue weighted by atomic mass is 19.1. The minimum atomic E-state index is -1.32. The zero-order chi connectivity index (χ0) is 24.4. The average molecular weight is 465 g/mol. The Morgan fingerprint density at radius 2 is 1.79 bits per heavy atom. The highest BCUT2D eigenvalue weighted by Gasteiger charge is 2.48. The molecule has 0 radical (unpaired) electrons. The van der Waals surface area contributed by atoms with E-state index >= 15 is 0 Å². The van der Waals surface area contributed by atoms with E-state index in [1.165, 1.54) is 36.4 Å². The summed E-state index contributed by atoms with van der Waals surface area (Å²) < 4.78 is 34.3. The Balaban J connectivity index is 1.93. The Morgan fingerprint density at radius 3 is 2.53 bits per heavy atom. The number of aliphatic hydroxyl groups excluding tert-OH is 1. The molecule has 174 valence electrons. The van der Waals surface area contributed by atoms with Crippen molar-refractivity contribution in [2.24, 2.45) is 0 Å². The van der Waals surface area contributed by atoms with Gasteiger partial charge in [0.05, 0.1) is 23.9 Å². The molecule has 6 nitrogen and oxygen atoms in total. The third-order valence-electron chi connectivity index (χ3n) is 5.38. The molecule has 8 heteroatoms. The van der Waals surface area contributed by atoms with Crippen LogP contribution >= 0.6 is 0 Å². The van der Waals surface area contributed by atoms with Gasteiger partial charge < -0.3 is 14.9 Å². The monoisotopic (exact) mass is 465 g/mol. The smallest absolute Gasteiger partial charge is 0.300 e. The summed E-state index contributed by atoms with van der Waals surface area (Å²) >= 11 is 0. The van der Waals surface area contributed by atoms with E-state index < -0.39 is 40.8 Å². The van der Waals surface area contributed by atoms with Gasteiger partial charge in [0.2, 0.25) is 0 Å². The number of phenolic OH excluding ortho intramolecular Hbond substituents is 1. The number of amides is 1. The van der Waals surface area contributed by atoms with E-state index in [1.54, 1.807) is 12.1 Å². The molecule has 0 spiro atoms. The fourth-order valence-electron chi connectivity index (χ4n) is 3.87. The lowest BCUT2D eigenvalue weighted by molar-refractivity contribution is -0.132. The lowest BCUT2D eigenvalue weighted by Gasteiger charge is -2.26. The van der Waals surface area contributed by atoms with Crippen LogP contribution in [0.4, 0.5) is 14.5 Å². The number of anilines is 1. The van der Waals surface area contributed by atoms with Crippen LogP contribution in [0.1, 0.15) is 30.5 Å². The molecule has 1 atom stereocenters. The minimum Gasteiger partial charge on any atom is -0.508 e. The molecule has 3 aromatic carbocycles. The number of nitrogens with zero attached hydrogens (tertiary/aromatic N) is 1. The van der Waals surface area contributed by atoms with Crippen molar-refractivity contribution < 1.29 is 33.3 Å². The molecule has 0 aromatic heterocycles. The highest BCUT2D eigenvalue weighted by Crippen LogP contribution is 2.43. The Labute approximate surface area is 194 Å². The number of ether oxygens (including phenoxy) is 1. The highest BCUT2D eigenvalue weighted by molar-refractivity contribution is 6.51. The molecule has 3 aromatic rings.